The Bertz CT molecular complexity index is 258. The van der Waals surface area contributed by atoms with E-state index in [-0.39, 0.29) is 5.82 Å². The second-order valence-electron chi connectivity index (χ2n) is 3.22. The predicted molar refractivity (Wildman–Crippen MR) is 49.9 cm³/mol. The number of alkyl halides is 1. The number of hydrogen-bond acceptors (Lipinski definition) is 0. The molecule has 0 spiro atoms. The molecule has 0 heterocycles. The number of benzene rings is 1. The molecule has 1 atom stereocenters. The molecule has 0 amide bonds. The summed E-state index contributed by atoms with van der Waals surface area (Å²) in [5.41, 5.74) is 0.737. The molecular weight excluding hydrogens is 170 g/mol. The van der Waals surface area contributed by atoms with E-state index in [0.717, 1.165) is 12.0 Å². The van der Waals surface area contributed by atoms with Crippen molar-refractivity contribution in [3.63, 3.8) is 0 Å². The van der Waals surface area contributed by atoms with Gasteiger partial charge in [0.05, 0.1) is 0 Å². The monoisotopic (exact) mass is 184 g/mol. The Morgan fingerprint density at radius 1 is 1.38 bits per heavy atom. The summed E-state index contributed by atoms with van der Waals surface area (Å²) in [6, 6.07) is 6.13. The molecule has 0 saturated carbocycles. The topological polar surface area (TPSA) is 0 Å². The maximum absolute atomic E-state index is 13.1. The van der Waals surface area contributed by atoms with Crippen LogP contribution >= 0.6 is 0 Å². The second-order valence-corrected chi connectivity index (χ2v) is 3.22. The quantitative estimate of drug-likeness (QED) is 0.671. The van der Waals surface area contributed by atoms with Crippen molar-refractivity contribution in [3.8, 4) is 0 Å². The molecule has 2 heteroatoms. The largest absolute Gasteiger partial charge is 0.247 e. The van der Waals surface area contributed by atoms with Gasteiger partial charge in [-0.1, -0.05) is 25.5 Å². The van der Waals surface area contributed by atoms with Crippen LogP contribution in [0.2, 0.25) is 0 Å². The minimum atomic E-state index is -0.841. The van der Waals surface area contributed by atoms with Gasteiger partial charge in [0, 0.05) is 6.42 Å². The van der Waals surface area contributed by atoms with Crippen molar-refractivity contribution in [2.45, 2.75) is 32.4 Å². The fraction of sp³-hybridized carbons (Fsp3) is 0.455. The zero-order valence-electron chi connectivity index (χ0n) is 7.76. The van der Waals surface area contributed by atoms with E-state index in [2.05, 4.69) is 0 Å². The van der Waals surface area contributed by atoms with E-state index in [1.807, 2.05) is 6.92 Å². The van der Waals surface area contributed by atoms with Crippen LogP contribution in [0.25, 0.3) is 0 Å². The van der Waals surface area contributed by atoms with Gasteiger partial charge in [-0.15, -0.1) is 0 Å². The van der Waals surface area contributed by atoms with Gasteiger partial charge >= 0.3 is 0 Å². The average molecular weight is 184 g/mol. The first-order valence-electron chi connectivity index (χ1n) is 4.61. The van der Waals surface area contributed by atoms with Crippen LogP contribution in [0.4, 0.5) is 8.78 Å². The summed E-state index contributed by atoms with van der Waals surface area (Å²) < 4.78 is 25.8. The molecule has 72 valence electrons. The van der Waals surface area contributed by atoms with E-state index in [0.29, 0.717) is 12.8 Å². The molecule has 0 aliphatic carbocycles. The van der Waals surface area contributed by atoms with Gasteiger partial charge in [-0.05, 0) is 24.1 Å². The lowest BCUT2D eigenvalue weighted by Gasteiger charge is -2.06. The van der Waals surface area contributed by atoms with Gasteiger partial charge in [-0.2, -0.15) is 0 Å². The third-order valence-electron chi connectivity index (χ3n) is 1.95. The molecule has 0 nitrogen and oxygen atoms in total. The standard InChI is InChI=1S/C11H14F2/c1-2-4-10(12)7-9-5-3-6-11(13)8-9/h3,5-6,8,10H,2,4,7H2,1H3. The van der Waals surface area contributed by atoms with Gasteiger partial charge in [0.15, 0.2) is 0 Å². The summed E-state index contributed by atoms with van der Waals surface area (Å²) in [4.78, 5) is 0. The minimum absolute atomic E-state index is 0.291. The molecule has 0 saturated heterocycles. The molecule has 0 aromatic heterocycles. The summed E-state index contributed by atoms with van der Waals surface area (Å²) in [7, 11) is 0. The van der Waals surface area contributed by atoms with Gasteiger partial charge in [-0.25, -0.2) is 8.78 Å². The first-order valence-corrected chi connectivity index (χ1v) is 4.61. The first-order chi connectivity index (χ1) is 6.22. The minimum Gasteiger partial charge on any atom is -0.247 e. The second kappa shape index (κ2) is 4.95. The first kappa shape index (κ1) is 10.2. The molecule has 0 aliphatic heterocycles. The fourth-order valence-corrected chi connectivity index (χ4v) is 1.33. The number of hydrogen-bond donors (Lipinski definition) is 0. The lowest BCUT2D eigenvalue weighted by atomic mass is 10.1. The van der Waals surface area contributed by atoms with E-state index < -0.39 is 6.17 Å². The molecule has 1 rings (SSSR count). The smallest absolute Gasteiger partial charge is 0.123 e. The molecule has 1 aromatic carbocycles. The van der Waals surface area contributed by atoms with Crippen molar-refractivity contribution in [2.24, 2.45) is 0 Å². The van der Waals surface area contributed by atoms with Gasteiger partial charge in [0.25, 0.3) is 0 Å². The van der Waals surface area contributed by atoms with Gasteiger partial charge in [-0.3, -0.25) is 0 Å². The average Bonchev–Trinajstić information content (AvgIpc) is 2.04. The molecule has 13 heavy (non-hydrogen) atoms. The lowest BCUT2D eigenvalue weighted by molar-refractivity contribution is 0.310. The Balaban J connectivity index is 2.53. The highest BCUT2D eigenvalue weighted by Gasteiger charge is 2.06. The Morgan fingerprint density at radius 3 is 2.77 bits per heavy atom. The fourth-order valence-electron chi connectivity index (χ4n) is 1.33. The van der Waals surface area contributed by atoms with Crippen LogP contribution in [-0.4, -0.2) is 6.17 Å². The van der Waals surface area contributed by atoms with Gasteiger partial charge in [0.1, 0.15) is 12.0 Å². The van der Waals surface area contributed by atoms with Crippen molar-refractivity contribution in [2.75, 3.05) is 0 Å². The number of halogens is 2. The maximum Gasteiger partial charge on any atom is 0.123 e. The highest BCUT2D eigenvalue weighted by atomic mass is 19.1. The maximum atomic E-state index is 13.1. The number of rotatable bonds is 4. The van der Waals surface area contributed by atoms with Crippen molar-refractivity contribution < 1.29 is 8.78 Å². The molecule has 0 bridgehead atoms. The molecular formula is C11H14F2. The van der Waals surface area contributed by atoms with Crippen LogP contribution in [0.1, 0.15) is 25.3 Å². The molecule has 0 N–H and O–H groups in total. The third-order valence-corrected chi connectivity index (χ3v) is 1.95. The third kappa shape index (κ3) is 3.53. The van der Waals surface area contributed by atoms with Crippen LogP contribution in [0, 0.1) is 5.82 Å². The van der Waals surface area contributed by atoms with Gasteiger partial charge in [0.2, 0.25) is 0 Å². The summed E-state index contributed by atoms with van der Waals surface area (Å²) in [6.07, 6.45) is 0.866. The summed E-state index contributed by atoms with van der Waals surface area (Å²) >= 11 is 0. The van der Waals surface area contributed by atoms with Crippen LogP contribution < -0.4 is 0 Å². The summed E-state index contributed by atoms with van der Waals surface area (Å²) in [5, 5.41) is 0. The van der Waals surface area contributed by atoms with Crippen molar-refractivity contribution in [1.29, 1.82) is 0 Å². The normalized spacial score (nSPS) is 12.8. The van der Waals surface area contributed by atoms with Crippen molar-refractivity contribution in [1.82, 2.24) is 0 Å². The predicted octanol–water partition coefficient (Wildman–Crippen LogP) is 3.51. The Kier molecular flexibility index (Phi) is 3.87. The van der Waals surface area contributed by atoms with E-state index in [4.69, 9.17) is 0 Å². The molecule has 0 radical (unpaired) electrons. The van der Waals surface area contributed by atoms with Crippen LogP contribution in [-0.2, 0) is 6.42 Å². The summed E-state index contributed by atoms with van der Waals surface area (Å²) in [5.74, 6) is -0.291. The molecule has 1 unspecified atom stereocenters. The lowest BCUT2D eigenvalue weighted by Crippen LogP contribution is -2.03. The highest BCUT2D eigenvalue weighted by Crippen LogP contribution is 2.11. The molecule has 1 aromatic rings. The SMILES string of the molecule is CCCC(F)Cc1cccc(F)c1. The zero-order chi connectivity index (χ0) is 9.68. The van der Waals surface area contributed by atoms with Crippen LogP contribution in [0.5, 0.6) is 0 Å². The van der Waals surface area contributed by atoms with Gasteiger partial charge < -0.3 is 0 Å². The molecule has 0 fully saturated rings. The Hall–Kier alpha value is -0.920. The zero-order valence-corrected chi connectivity index (χ0v) is 7.76. The van der Waals surface area contributed by atoms with Crippen LogP contribution in [0.3, 0.4) is 0 Å². The Labute approximate surface area is 77.6 Å². The molecule has 0 aliphatic rings. The highest BCUT2D eigenvalue weighted by molar-refractivity contribution is 5.16. The van der Waals surface area contributed by atoms with E-state index in [1.54, 1.807) is 12.1 Å². The van der Waals surface area contributed by atoms with Crippen molar-refractivity contribution >= 4 is 0 Å². The summed E-state index contributed by atoms with van der Waals surface area (Å²) in [6.45, 7) is 1.94. The van der Waals surface area contributed by atoms with E-state index >= 15 is 0 Å². The Morgan fingerprint density at radius 2 is 2.15 bits per heavy atom. The van der Waals surface area contributed by atoms with E-state index in [1.165, 1.54) is 12.1 Å². The van der Waals surface area contributed by atoms with E-state index in [9.17, 15) is 8.78 Å². The van der Waals surface area contributed by atoms with Crippen LogP contribution in [0.15, 0.2) is 24.3 Å². The van der Waals surface area contributed by atoms with Crippen molar-refractivity contribution in [3.05, 3.63) is 35.6 Å².